The highest BCUT2D eigenvalue weighted by molar-refractivity contribution is 5.85. The quantitative estimate of drug-likeness (QED) is 0.768. The van der Waals surface area contributed by atoms with Gasteiger partial charge in [-0.2, -0.15) is 0 Å². The molecule has 106 valence electrons. The number of Topliss-reactive ketones (excluding diaryl/α,β-unsaturated/α-hetero) is 1. The van der Waals surface area contributed by atoms with Crippen molar-refractivity contribution in [1.82, 2.24) is 4.57 Å². The molecule has 3 nitrogen and oxygen atoms in total. The van der Waals surface area contributed by atoms with Crippen molar-refractivity contribution >= 4 is 5.78 Å². The Morgan fingerprint density at radius 1 is 1.30 bits per heavy atom. The summed E-state index contributed by atoms with van der Waals surface area (Å²) in [5.41, 5.74) is 3.57. The first-order valence-corrected chi connectivity index (χ1v) is 7.13. The lowest BCUT2D eigenvalue weighted by molar-refractivity contribution is -0.671. The fraction of sp³-hybridized carbons (Fsp3) is 0.412. The molecule has 0 saturated heterocycles. The minimum absolute atomic E-state index is 0.0739. The second kappa shape index (κ2) is 6.04. The average Bonchev–Trinajstić information content (AvgIpc) is 2.81. The number of hydrogen-bond acceptors (Lipinski definition) is 1. The molecule has 0 aliphatic heterocycles. The van der Waals surface area contributed by atoms with Crippen molar-refractivity contribution in [3.63, 3.8) is 0 Å². The average molecular weight is 271 g/mol. The standard InChI is InChI=1S/C17H23N2O/c1-5-16(19-10-9-18(4)12-19)17(20)11-15-13(2)7-6-8-14(15)3/h6-10,12,16H,5,11H2,1-4H3/q+1. The fourth-order valence-corrected chi connectivity index (χ4v) is 2.68. The van der Waals surface area contributed by atoms with Crippen LogP contribution in [0.4, 0.5) is 0 Å². The van der Waals surface area contributed by atoms with E-state index in [0.29, 0.717) is 6.42 Å². The zero-order valence-corrected chi connectivity index (χ0v) is 12.8. The second-order valence-electron chi connectivity index (χ2n) is 5.46. The van der Waals surface area contributed by atoms with Gasteiger partial charge in [0.2, 0.25) is 6.33 Å². The van der Waals surface area contributed by atoms with Crippen LogP contribution in [0.2, 0.25) is 0 Å². The molecule has 0 fully saturated rings. The summed E-state index contributed by atoms with van der Waals surface area (Å²) in [7, 11) is 1.97. The number of rotatable bonds is 5. The zero-order valence-electron chi connectivity index (χ0n) is 12.8. The van der Waals surface area contributed by atoms with E-state index in [4.69, 9.17) is 0 Å². The van der Waals surface area contributed by atoms with Crippen molar-refractivity contribution in [2.24, 2.45) is 7.05 Å². The Morgan fingerprint density at radius 2 is 1.95 bits per heavy atom. The van der Waals surface area contributed by atoms with Crippen LogP contribution >= 0.6 is 0 Å². The number of benzene rings is 1. The molecule has 0 amide bonds. The van der Waals surface area contributed by atoms with Gasteiger partial charge in [-0.1, -0.05) is 25.1 Å². The molecule has 0 bridgehead atoms. The van der Waals surface area contributed by atoms with Gasteiger partial charge < -0.3 is 0 Å². The molecule has 0 aliphatic carbocycles. The lowest BCUT2D eigenvalue weighted by Crippen LogP contribution is -2.26. The van der Waals surface area contributed by atoms with E-state index < -0.39 is 0 Å². The number of carbonyl (C=O) groups is 1. The van der Waals surface area contributed by atoms with Crippen LogP contribution in [0.1, 0.15) is 36.1 Å². The van der Waals surface area contributed by atoms with E-state index in [1.165, 1.54) is 16.7 Å². The number of aryl methyl sites for hydroxylation is 3. The molecule has 0 saturated carbocycles. The Morgan fingerprint density at radius 3 is 2.45 bits per heavy atom. The molecule has 0 spiro atoms. The predicted molar refractivity (Wildman–Crippen MR) is 79.6 cm³/mol. The first-order chi connectivity index (χ1) is 9.52. The van der Waals surface area contributed by atoms with Crippen LogP contribution in [0.15, 0.2) is 36.9 Å². The zero-order chi connectivity index (χ0) is 14.7. The molecular weight excluding hydrogens is 248 g/mol. The number of nitrogens with zero attached hydrogens (tertiary/aromatic N) is 2. The minimum atomic E-state index is -0.0739. The molecule has 2 rings (SSSR count). The van der Waals surface area contributed by atoms with Gasteiger partial charge in [-0.15, -0.1) is 0 Å². The lowest BCUT2D eigenvalue weighted by Gasteiger charge is -2.13. The van der Waals surface area contributed by atoms with E-state index in [2.05, 4.69) is 32.9 Å². The van der Waals surface area contributed by atoms with Crippen LogP contribution in [0.3, 0.4) is 0 Å². The number of carbonyl (C=O) groups excluding carboxylic acids is 1. The summed E-state index contributed by atoms with van der Waals surface area (Å²) < 4.78 is 3.98. The topological polar surface area (TPSA) is 25.9 Å². The van der Waals surface area contributed by atoms with Gasteiger partial charge in [0, 0.05) is 6.42 Å². The molecule has 2 aromatic rings. The summed E-state index contributed by atoms with van der Waals surface area (Å²) in [6.07, 6.45) is 7.24. The Labute approximate surface area is 120 Å². The number of aromatic nitrogens is 2. The van der Waals surface area contributed by atoms with Crippen LogP contribution in [0.25, 0.3) is 0 Å². The van der Waals surface area contributed by atoms with Gasteiger partial charge >= 0.3 is 0 Å². The normalized spacial score (nSPS) is 12.4. The molecule has 0 aliphatic rings. The smallest absolute Gasteiger partial charge is 0.244 e. The highest BCUT2D eigenvalue weighted by Crippen LogP contribution is 2.19. The molecule has 0 N–H and O–H groups in total. The Balaban J connectivity index is 2.22. The SMILES string of the molecule is CCC(C(=O)Cc1c(C)cccc1C)n1cc[n+](C)c1. The van der Waals surface area contributed by atoms with Crippen molar-refractivity contribution in [3.05, 3.63) is 53.6 Å². The molecule has 0 radical (unpaired) electrons. The minimum Gasteiger partial charge on any atom is -0.295 e. The van der Waals surface area contributed by atoms with Gasteiger partial charge in [0.25, 0.3) is 0 Å². The Kier molecular flexibility index (Phi) is 4.38. The predicted octanol–water partition coefficient (Wildman–Crippen LogP) is 2.69. The van der Waals surface area contributed by atoms with Crippen LogP contribution in [-0.4, -0.2) is 10.4 Å². The highest BCUT2D eigenvalue weighted by Gasteiger charge is 2.24. The molecule has 3 heteroatoms. The first kappa shape index (κ1) is 14.5. The number of imidazole rings is 1. The summed E-state index contributed by atoms with van der Waals surface area (Å²) in [6, 6.07) is 6.12. The summed E-state index contributed by atoms with van der Waals surface area (Å²) in [5, 5.41) is 0. The summed E-state index contributed by atoms with van der Waals surface area (Å²) in [5.74, 6) is 0.279. The van der Waals surface area contributed by atoms with Gasteiger partial charge in [-0.05, 0) is 37.0 Å². The van der Waals surface area contributed by atoms with Gasteiger partial charge in [0.05, 0.1) is 7.05 Å². The van der Waals surface area contributed by atoms with Gasteiger partial charge in [0.15, 0.2) is 11.8 Å². The maximum Gasteiger partial charge on any atom is 0.244 e. The monoisotopic (exact) mass is 271 g/mol. The molecular formula is C17H23N2O+. The van der Waals surface area contributed by atoms with Crippen molar-refractivity contribution < 1.29 is 9.36 Å². The van der Waals surface area contributed by atoms with E-state index in [1.54, 1.807) is 0 Å². The largest absolute Gasteiger partial charge is 0.295 e. The maximum atomic E-state index is 12.6. The van der Waals surface area contributed by atoms with Crippen LogP contribution in [0, 0.1) is 13.8 Å². The van der Waals surface area contributed by atoms with E-state index >= 15 is 0 Å². The van der Waals surface area contributed by atoms with Crippen LogP contribution < -0.4 is 4.57 Å². The molecule has 1 unspecified atom stereocenters. The Bertz CT molecular complexity index is 593. The van der Waals surface area contributed by atoms with E-state index in [9.17, 15) is 4.79 Å². The Hall–Kier alpha value is -1.90. The number of ketones is 1. The molecule has 1 aromatic carbocycles. The summed E-state index contributed by atoms with van der Waals surface area (Å²) in [6.45, 7) is 6.21. The van der Waals surface area contributed by atoms with Gasteiger partial charge in [0.1, 0.15) is 12.4 Å². The maximum absolute atomic E-state index is 12.6. The van der Waals surface area contributed by atoms with Crippen molar-refractivity contribution in [3.8, 4) is 0 Å². The van der Waals surface area contributed by atoms with Gasteiger partial charge in [-0.25, -0.2) is 9.13 Å². The summed E-state index contributed by atoms with van der Waals surface area (Å²) >= 11 is 0. The third-order valence-electron chi connectivity index (χ3n) is 3.90. The van der Waals surface area contributed by atoms with E-state index in [-0.39, 0.29) is 11.8 Å². The third kappa shape index (κ3) is 2.98. The molecule has 1 aromatic heterocycles. The van der Waals surface area contributed by atoms with Crippen LogP contribution in [-0.2, 0) is 18.3 Å². The van der Waals surface area contributed by atoms with E-state index in [1.807, 2.05) is 41.0 Å². The van der Waals surface area contributed by atoms with Crippen LogP contribution in [0.5, 0.6) is 0 Å². The van der Waals surface area contributed by atoms with Crippen molar-refractivity contribution in [2.45, 2.75) is 39.7 Å². The van der Waals surface area contributed by atoms with E-state index in [0.717, 1.165) is 6.42 Å². The first-order valence-electron chi connectivity index (χ1n) is 7.13. The second-order valence-corrected chi connectivity index (χ2v) is 5.46. The molecule has 20 heavy (non-hydrogen) atoms. The fourth-order valence-electron chi connectivity index (χ4n) is 2.68. The highest BCUT2D eigenvalue weighted by atomic mass is 16.1. The molecule has 1 atom stereocenters. The number of hydrogen-bond donors (Lipinski definition) is 0. The third-order valence-corrected chi connectivity index (χ3v) is 3.90. The summed E-state index contributed by atoms with van der Waals surface area (Å²) in [4.78, 5) is 12.6. The lowest BCUT2D eigenvalue weighted by atomic mass is 9.95. The molecule has 1 heterocycles. The van der Waals surface area contributed by atoms with Crippen molar-refractivity contribution in [2.75, 3.05) is 0 Å². The van der Waals surface area contributed by atoms with Gasteiger partial charge in [-0.3, -0.25) is 4.79 Å². The van der Waals surface area contributed by atoms with Crippen molar-refractivity contribution in [1.29, 1.82) is 0 Å².